The molecule has 8 heteroatoms. The van der Waals surface area contributed by atoms with Gasteiger partial charge < -0.3 is 14.3 Å². The van der Waals surface area contributed by atoms with Crippen molar-refractivity contribution in [2.75, 3.05) is 6.61 Å². The Morgan fingerprint density at radius 3 is 2.38 bits per heavy atom. The molecule has 8 nitrogen and oxygen atoms in total. The van der Waals surface area contributed by atoms with Gasteiger partial charge in [-0.3, -0.25) is 4.79 Å². The highest BCUT2D eigenvalue weighted by molar-refractivity contribution is 5.69. The number of hydrogen-bond acceptors (Lipinski definition) is 6. The quantitative estimate of drug-likeness (QED) is 0.430. The summed E-state index contributed by atoms with van der Waals surface area (Å²) in [5.41, 5.74) is 3.78. The summed E-state index contributed by atoms with van der Waals surface area (Å²) >= 11 is 0. The van der Waals surface area contributed by atoms with Gasteiger partial charge in [0.05, 0.1) is 35.8 Å². The smallest absolute Gasteiger partial charge is 0.309 e. The van der Waals surface area contributed by atoms with Crippen LogP contribution in [0.25, 0.3) is 5.69 Å². The van der Waals surface area contributed by atoms with Crippen LogP contribution in [0.1, 0.15) is 34.3 Å². The van der Waals surface area contributed by atoms with E-state index in [1.54, 1.807) is 0 Å². The third kappa shape index (κ3) is 5.21. The molecule has 0 spiro atoms. The molecule has 0 saturated heterocycles. The predicted octanol–water partition coefficient (Wildman–Crippen LogP) is 3.71. The van der Waals surface area contributed by atoms with Gasteiger partial charge in [0.2, 0.25) is 0 Å². The lowest BCUT2D eigenvalue weighted by molar-refractivity contribution is -0.136. The summed E-state index contributed by atoms with van der Waals surface area (Å²) in [5.74, 6) is 1.30. The average Bonchev–Trinajstić information content (AvgIpc) is 3.31. The van der Waals surface area contributed by atoms with E-state index in [-0.39, 0.29) is 6.42 Å². The first-order valence-corrected chi connectivity index (χ1v) is 10.3. The van der Waals surface area contributed by atoms with E-state index in [0.717, 1.165) is 28.5 Å². The van der Waals surface area contributed by atoms with Gasteiger partial charge in [0.25, 0.3) is 0 Å². The maximum Gasteiger partial charge on any atom is 0.309 e. The first kappa shape index (κ1) is 21.3. The highest BCUT2D eigenvalue weighted by atomic mass is 16.5. The summed E-state index contributed by atoms with van der Waals surface area (Å²) in [6.45, 7) is 4.23. The second-order valence-electron chi connectivity index (χ2n) is 7.44. The molecule has 32 heavy (non-hydrogen) atoms. The molecular formula is C24H24N4O4. The lowest BCUT2D eigenvalue weighted by Crippen LogP contribution is -2.04. The second-order valence-corrected chi connectivity index (χ2v) is 7.44. The van der Waals surface area contributed by atoms with Crippen LogP contribution in [0.4, 0.5) is 0 Å². The Bertz CT molecular complexity index is 1200. The zero-order chi connectivity index (χ0) is 22.5. The van der Waals surface area contributed by atoms with Gasteiger partial charge in [-0.1, -0.05) is 30.3 Å². The zero-order valence-electron chi connectivity index (χ0n) is 18.0. The first-order chi connectivity index (χ1) is 15.5. The van der Waals surface area contributed by atoms with Crippen LogP contribution < -0.4 is 4.74 Å². The molecule has 0 saturated carbocycles. The molecule has 0 fully saturated rings. The Kier molecular flexibility index (Phi) is 6.30. The molecule has 0 aliphatic heterocycles. The van der Waals surface area contributed by atoms with Crippen molar-refractivity contribution < 1.29 is 19.1 Å². The van der Waals surface area contributed by atoms with E-state index in [9.17, 15) is 9.90 Å². The minimum Gasteiger partial charge on any atom is -0.493 e. The molecule has 0 aliphatic carbocycles. The molecule has 0 bridgehead atoms. The molecule has 0 aliphatic rings. The van der Waals surface area contributed by atoms with Crippen LogP contribution in [0, 0.1) is 13.8 Å². The number of carboxylic acid groups (broad SMARTS) is 1. The first-order valence-electron chi connectivity index (χ1n) is 10.3. The fourth-order valence-electron chi connectivity index (χ4n) is 3.43. The average molecular weight is 432 g/mol. The Hall–Kier alpha value is -3.94. The summed E-state index contributed by atoms with van der Waals surface area (Å²) in [4.78, 5) is 17.1. The van der Waals surface area contributed by atoms with Crippen LogP contribution in [-0.4, -0.2) is 37.7 Å². The van der Waals surface area contributed by atoms with Crippen LogP contribution in [0.3, 0.4) is 0 Å². The summed E-state index contributed by atoms with van der Waals surface area (Å²) in [7, 11) is 0. The van der Waals surface area contributed by atoms with Crippen LogP contribution in [0.15, 0.2) is 59.0 Å². The molecule has 2 heterocycles. The molecule has 2 aromatic carbocycles. The van der Waals surface area contributed by atoms with Gasteiger partial charge in [-0.05, 0) is 36.8 Å². The number of benzene rings is 2. The van der Waals surface area contributed by atoms with Crippen molar-refractivity contribution in [3.05, 3.63) is 88.9 Å². The fourth-order valence-corrected chi connectivity index (χ4v) is 3.43. The summed E-state index contributed by atoms with van der Waals surface area (Å²) < 4.78 is 11.3. The predicted molar refractivity (Wildman–Crippen MR) is 117 cm³/mol. The summed E-state index contributed by atoms with van der Waals surface area (Å²) in [6.07, 6.45) is 0.976. The largest absolute Gasteiger partial charge is 0.493 e. The molecular weight excluding hydrogens is 408 g/mol. The Labute approximate surface area is 185 Å². The number of para-hydroxylation sites is 1. The molecule has 4 aromatic rings. The fraction of sp³-hybridized carbons (Fsp3) is 0.250. The van der Waals surface area contributed by atoms with Crippen LogP contribution in [0.5, 0.6) is 5.75 Å². The Balaban J connectivity index is 1.42. The number of aliphatic carboxylic acids is 1. The van der Waals surface area contributed by atoms with E-state index < -0.39 is 5.97 Å². The van der Waals surface area contributed by atoms with E-state index in [1.165, 1.54) is 4.80 Å². The van der Waals surface area contributed by atoms with Gasteiger partial charge in [-0.25, -0.2) is 4.98 Å². The van der Waals surface area contributed by atoms with Crippen molar-refractivity contribution in [2.24, 2.45) is 0 Å². The van der Waals surface area contributed by atoms with Crippen molar-refractivity contribution in [2.45, 2.75) is 33.1 Å². The van der Waals surface area contributed by atoms with Gasteiger partial charge >= 0.3 is 5.97 Å². The standard InChI is InChI=1S/C24H24N4O4/c1-16-21(25-17(2)32-16)12-13-31-20-10-8-18(9-11-20)14-22-23(15-24(29)30)27-28(26-22)19-6-4-3-5-7-19/h3-11H,12-15H2,1-2H3,(H,29,30). The van der Waals surface area contributed by atoms with Crippen molar-refractivity contribution in [1.29, 1.82) is 0 Å². The van der Waals surface area contributed by atoms with Crippen LogP contribution in [0.2, 0.25) is 0 Å². The number of carbonyl (C=O) groups is 1. The van der Waals surface area contributed by atoms with Gasteiger partial charge in [0.1, 0.15) is 11.5 Å². The monoisotopic (exact) mass is 432 g/mol. The Morgan fingerprint density at radius 1 is 1.00 bits per heavy atom. The van der Waals surface area contributed by atoms with E-state index in [0.29, 0.717) is 36.7 Å². The van der Waals surface area contributed by atoms with E-state index in [2.05, 4.69) is 15.2 Å². The zero-order valence-corrected chi connectivity index (χ0v) is 18.0. The second kappa shape index (κ2) is 9.47. The van der Waals surface area contributed by atoms with Crippen LogP contribution in [-0.2, 0) is 24.1 Å². The molecule has 164 valence electrons. The van der Waals surface area contributed by atoms with Gasteiger partial charge in [-0.2, -0.15) is 15.0 Å². The normalized spacial score (nSPS) is 10.9. The van der Waals surface area contributed by atoms with Gasteiger partial charge in [0, 0.05) is 19.8 Å². The number of rotatable bonds is 9. The number of oxazole rings is 1. The minimum atomic E-state index is -0.937. The highest BCUT2D eigenvalue weighted by Gasteiger charge is 2.16. The number of nitrogens with zero attached hydrogens (tertiary/aromatic N) is 4. The molecule has 0 unspecified atom stereocenters. The minimum absolute atomic E-state index is 0.176. The summed E-state index contributed by atoms with van der Waals surface area (Å²) in [5, 5.41) is 18.2. The van der Waals surface area contributed by atoms with Crippen molar-refractivity contribution >= 4 is 5.97 Å². The Morgan fingerprint density at radius 2 is 1.72 bits per heavy atom. The molecule has 0 atom stereocenters. The molecule has 0 radical (unpaired) electrons. The van der Waals surface area contributed by atoms with Gasteiger partial charge in [-0.15, -0.1) is 0 Å². The molecule has 2 aromatic heterocycles. The number of hydrogen-bond donors (Lipinski definition) is 1. The van der Waals surface area contributed by atoms with Crippen molar-refractivity contribution in [3.8, 4) is 11.4 Å². The van der Waals surface area contributed by atoms with E-state index >= 15 is 0 Å². The number of carboxylic acids is 1. The molecule has 0 amide bonds. The number of aromatic nitrogens is 4. The summed E-state index contributed by atoms with van der Waals surface area (Å²) in [6, 6.07) is 17.1. The lowest BCUT2D eigenvalue weighted by Gasteiger charge is -2.06. The third-order valence-electron chi connectivity index (χ3n) is 4.97. The van der Waals surface area contributed by atoms with Crippen molar-refractivity contribution in [3.63, 3.8) is 0 Å². The van der Waals surface area contributed by atoms with Gasteiger partial charge in [0.15, 0.2) is 5.89 Å². The SMILES string of the molecule is Cc1nc(CCOc2ccc(Cc3nn(-c4ccccc4)nc3CC(=O)O)cc2)c(C)o1. The number of aryl methyl sites for hydroxylation is 2. The molecule has 1 N–H and O–H groups in total. The topological polar surface area (TPSA) is 103 Å². The van der Waals surface area contributed by atoms with E-state index in [4.69, 9.17) is 9.15 Å². The maximum absolute atomic E-state index is 11.3. The van der Waals surface area contributed by atoms with E-state index in [1.807, 2.05) is 68.4 Å². The maximum atomic E-state index is 11.3. The molecule has 4 rings (SSSR count). The highest BCUT2D eigenvalue weighted by Crippen LogP contribution is 2.18. The van der Waals surface area contributed by atoms with Crippen LogP contribution >= 0.6 is 0 Å². The third-order valence-corrected chi connectivity index (χ3v) is 4.97. The van der Waals surface area contributed by atoms with Crippen molar-refractivity contribution in [1.82, 2.24) is 20.0 Å². The number of ether oxygens (including phenoxy) is 1. The lowest BCUT2D eigenvalue weighted by atomic mass is 10.1.